The van der Waals surface area contributed by atoms with Gasteiger partial charge in [0, 0.05) is 92.6 Å². The molecule has 2 aliphatic carbocycles. The van der Waals surface area contributed by atoms with E-state index < -0.39 is 44.2 Å². The number of nitrogens with one attached hydrogen (secondary N) is 3. The number of aromatic amines is 1. The number of rotatable bonds is 16. The van der Waals surface area contributed by atoms with Gasteiger partial charge in [-0.05, 0) is 142 Å². The number of carbonyl (C=O) groups is 1. The van der Waals surface area contributed by atoms with Crippen molar-refractivity contribution in [1.82, 2.24) is 24.5 Å². The Hall–Kier alpha value is -6.10. The van der Waals surface area contributed by atoms with Crippen molar-refractivity contribution < 1.29 is 32.5 Å². The minimum atomic E-state index is -4.60. The van der Waals surface area contributed by atoms with Crippen LogP contribution in [0.5, 0.6) is 11.5 Å². The summed E-state index contributed by atoms with van der Waals surface area (Å²) in [6, 6.07) is 30.4. The third-order valence-electron chi connectivity index (χ3n) is 16.7. The van der Waals surface area contributed by atoms with E-state index in [4.69, 9.17) is 4.74 Å². The maximum atomic E-state index is 14.1. The Morgan fingerprint density at radius 3 is 2.39 bits per heavy atom. The van der Waals surface area contributed by atoms with Crippen LogP contribution in [0.15, 0.2) is 114 Å². The summed E-state index contributed by atoms with van der Waals surface area (Å²) in [6.45, 7) is 15.8. The summed E-state index contributed by atoms with van der Waals surface area (Å²) in [7, 11) is -6.92. The number of nitrogens with zero attached hydrogens (tertiary/aromatic N) is 5. The van der Waals surface area contributed by atoms with Gasteiger partial charge in [-0.25, -0.2) is 18.1 Å². The third kappa shape index (κ3) is 11.7. The summed E-state index contributed by atoms with van der Waals surface area (Å²) in [5.41, 5.74) is 4.74. The number of benzene rings is 4. The molecule has 18 heteroatoms. The molecule has 6 aromatic rings. The van der Waals surface area contributed by atoms with Crippen LogP contribution in [0.25, 0.3) is 11.0 Å². The second-order valence-corrected chi connectivity index (χ2v) is 27.8. The lowest BCUT2D eigenvalue weighted by molar-refractivity contribution is -0.384. The molecule has 4 aromatic carbocycles. The number of sulfonamides is 1. The fourth-order valence-corrected chi connectivity index (χ4v) is 14.0. The standard InChI is InChI=1S/C58H71N8O8PS/c1-39(2)48-8-6-7-9-49(48)53-38-63(37-41-10-13-46(14-11-41)75(4,5)71)28-29-65(53)44-33-58(34-44)23-26-64(27-24-58)43-12-16-50(54(31-43)74-45-30-42-20-25-59-55(42)61-36-45)56(67)62-76(72,73)47-15-17-51(52(32-47)66(69)70)60-35-40-18-21-57(3,68)22-19-40/h6-17,20,25,30-32,36,39-40,44,53,60,68H,18-19,21-24,26-29,33-35,37-38H2,1-5H3,(H,59,61)(H,62,67). The van der Waals surface area contributed by atoms with Crippen molar-refractivity contribution in [1.29, 1.82) is 0 Å². The molecule has 4 fully saturated rings. The number of anilines is 2. The van der Waals surface area contributed by atoms with E-state index in [1.165, 1.54) is 35.0 Å². The molecule has 2 aromatic heterocycles. The van der Waals surface area contributed by atoms with E-state index >= 15 is 0 Å². The van der Waals surface area contributed by atoms with Gasteiger partial charge in [-0.3, -0.25) is 24.7 Å². The van der Waals surface area contributed by atoms with Crippen molar-refractivity contribution in [3.05, 3.63) is 142 Å². The lowest BCUT2D eigenvalue weighted by atomic mass is 9.59. The number of amides is 1. The van der Waals surface area contributed by atoms with E-state index in [0.29, 0.717) is 42.7 Å². The smallest absolute Gasteiger partial charge is 0.293 e. The number of fused-ring (bicyclic) bond motifs is 1. The highest BCUT2D eigenvalue weighted by Gasteiger charge is 2.50. The first-order chi connectivity index (χ1) is 36.2. The van der Waals surface area contributed by atoms with Crippen molar-refractivity contribution in [2.45, 2.75) is 107 Å². The minimum Gasteiger partial charge on any atom is -0.455 e. The molecule has 10 rings (SSSR count). The molecule has 1 amide bonds. The van der Waals surface area contributed by atoms with Gasteiger partial charge in [-0.1, -0.05) is 62.4 Å². The maximum absolute atomic E-state index is 14.1. The van der Waals surface area contributed by atoms with Crippen LogP contribution in [-0.2, 0) is 21.1 Å². The fourth-order valence-electron chi connectivity index (χ4n) is 12.1. The number of piperazine rings is 1. The maximum Gasteiger partial charge on any atom is 0.293 e. The highest BCUT2D eigenvalue weighted by Crippen LogP contribution is 2.53. The van der Waals surface area contributed by atoms with Gasteiger partial charge in [0.2, 0.25) is 0 Å². The molecule has 1 unspecified atom stereocenters. The van der Waals surface area contributed by atoms with E-state index in [9.17, 15) is 33.0 Å². The number of nitro benzene ring substituents is 1. The van der Waals surface area contributed by atoms with Crippen LogP contribution in [0.4, 0.5) is 17.1 Å². The zero-order chi connectivity index (χ0) is 53.6. The zero-order valence-corrected chi connectivity index (χ0v) is 45.9. The second-order valence-electron chi connectivity index (χ2n) is 22.9. The number of H-pyrrole nitrogens is 1. The van der Waals surface area contributed by atoms with Gasteiger partial charge in [0.05, 0.1) is 27.2 Å². The Morgan fingerprint density at radius 2 is 1.68 bits per heavy atom. The number of hydrogen-bond acceptors (Lipinski definition) is 13. The van der Waals surface area contributed by atoms with Crippen molar-refractivity contribution >= 4 is 56.5 Å². The number of piperidine rings is 1. The average Bonchev–Trinajstić information content (AvgIpc) is 3.86. The molecule has 4 aliphatic rings. The van der Waals surface area contributed by atoms with Gasteiger partial charge in [-0.15, -0.1) is 0 Å². The molecular weight excluding hydrogens is 1000 g/mol. The quantitative estimate of drug-likeness (QED) is 0.0405. The van der Waals surface area contributed by atoms with Crippen LogP contribution in [0.3, 0.4) is 0 Å². The van der Waals surface area contributed by atoms with Crippen LogP contribution >= 0.6 is 7.14 Å². The van der Waals surface area contributed by atoms with Gasteiger partial charge in [-0.2, -0.15) is 0 Å². The van der Waals surface area contributed by atoms with Gasteiger partial charge in [0.1, 0.15) is 30.0 Å². The van der Waals surface area contributed by atoms with Crippen LogP contribution < -0.4 is 25.0 Å². The summed E-state index contributed by atoms with van der Waals surface area (Å²) >= 11 is 0. The van der Waals surface area contributed by atoms with Crippen LogP contribution in [0.1, 0.15) is 111 Å². The molecule has 2 saturated carbocycles. The fraction of sp³-hybridized carbons (Fsp3) is 0.448. The summed E-state index contributed by atoms with van der Waals surface area (Å²) in [5, 5.41) is 27.4. The molecule has 1 atom stereocenters. The van der Waals surface area contributed by atoms with E-state index in [0.717, 1.165) is 100 Å². The number of carbonyl (C=O) groups excluding carboxylic acids is 1. The molecule has 2 aliphatic heterocycles. The molecule has 402 valence electrons. The highest BCUT2D eigenvalue weighted by atomic mass is 32.2. The molecule has 0 radical (unpaired) electrons. The molecule has 4 N–H and O–H groups in total. The lowest BCUT2D eigenvalue weighted by Gasteiger charge is -2.58. The van der Waals surface area contributed by atoms with Gasteiger partial charge >= 0.3 is 0 Å². The van der Waals surface area contributed by atoms with Crippen molar-refractivity contribution in [3.8, 4) is 11.5 Å². The Bertz CT molecular complexity index is 3260. The second kappa shape index (κ2) is 21.4. The van der Waals surface area contributed by atoms with Crippen LogP contribution in [-0.4, -0.2) is 108 Å². The first kappa shape index (κ1) is 53.3. The highest BCUT2D eigenvalue weighted by molar-refractivity contribution is 7.90. The first-order valence-corrected chi connectivity index (χ1v) is 30.8. The third-order valence-corrected chi connectivity index (χ3v) is 19.6. The van der Waals surface area contributed by atoms with Crippen LogP contribution in [0.2, 0.25) is 0 Å². The van der Waals surface area contributed by atoms with E-state index in [2.05, 4.69) is 85.0 Å². The lowest BCUT2D eigenvalue weighted by Crippen LogP contribution is -2.60. The summed E-state index contributed by atoms with van der Waals surface area (Å²) < 4.78 is 49.0. The van der Waals surface area contributed by atoms with E-state index in [1.807, 2.05) is 44.5 Å². The normalized spacial score (nSPS) is 21.6. The predicted molar refractivity (Wildman–Crippen MR) is 299 cm³/mol. The van der Waals surface area contributed by atoms with Gasteiger partial charge < -0.3 is 29.6 Å². The number of nitro groups is 1. The summed E-state index contributed by atoms with van der Waals surface area (Å²) in [4.78, 5) is 40.5. The van der Waals surface area contributed by atoms with Crippen molar-refractivity contribution in [2.75, 3.05) is 62.8 Å². The summed E-state index contributed by atoms with van der Waals surface area (Å²) in [5.74, 6) is 0.128. The van der Waals surface area contributed by atoms with Crippen molar-refractivity contribution in [2.24, 2.45) is 11.3 Å². The molecule has 76 heavy (non-hydrogen) atoms. The van der Waals surface area contributed by atoms with E-state index in [1.54, 1.807) is 24.4 Å². The minimum absolute atomic E-state index is 0.0351. The zero-order valence-electron chi connectivity index (χ0n) is 44.2. The molecular formula is C58H71N8O8PS. The van der Waals surface area contributed by atoms with Crippen molar-refractivity contribution in [3.63, 3.8) is 0 Å². The number of aromatic nitrogens is 2. The summed E-state index contributed by atoms with van der Waals surface area (Å²) in [6.07, 6.45) is 10.3. The molecule has 4 heterocycles. The molecule has 16 nitrogen and oxygen atoms in total. The Labute approximate surface area is 446 Å². The van der Waals surface area contributed by atoms with Gasteiger partial charge in [0.25, 0.3) is 21.6 Å². The van der Waals surface area contributed by atoms with Crippen LogP contribution in [0, 0.1) is 21.4 Å². The number of pyridine rings is 1. The average molecular weight is 1070 g/mol. The largest absolute Gasteiger partial charge is 0.455 e. The predicted octanol–water partition coefficient (Wildman–Crippen LogP) is 10.4. The van der Waals surface area contributed by atoms with E-state index in [-0.39, 0.29) is 34.4 Å². The molecule has 1 spiro atoms. The first-order valence-electron chi connectivity index (χ1n) is 26.7. The number of hydrogen-bond donors (Lipinski definition) is 4. The Kier molecular flexibility index (Phi) is 15.0. The Balaban J connectivity index is 0.828. The number of ether oxygens (including phenoxy) is 1. The SMILES string of the molecule is CC(C)c1ccccc1C1CN(Cc2ccc(P(C)(C)=O)cc2)CCN1C1CC2(CCN(c3ccc(C(=O)NS(=O)(=O)c4ccc(NCC5CCC(C)(O)CC5)c([N+](=O)[O-])c4)c(Oc4cnc5[nH]ccc5c4)c3)CC2)C1. The topological polar surface area (TPSA) is 203 Å². The molecule has 0 bridgehead atoms. The van der Waals surface area contributed by atoms with Gasteiger partial charge in [0.15, 0.2) is 0 Å². The monoisotopic (exact) mass is 1070 g/mol. The Morgan fingerprint density at radius 1 is 0.947 bits per heavy atom. The molecule has 2 saturated heterocycles. The number of aliphatic hydroxyl groups is 1.